The van der Waals surface area contributed by atoms with E-state index in [4.69, 9.17) is 0 Å². The normalized spacial score (nSPS) is 11.1. The number of ketones is 1. The highest BCUT2D eigenvalue weighted by Crippen LogP contribution is 2.14. The van der Waals surface area contributed by atoms with E-state index in [0.29, 0.717) is 12.1 Å². The van der Waals surface area contributed by atoms with Gasteiger partial charge in [0.2, 0.25) is 0 Å². The molecule has 1 heterocycles. The number of aromatic amines is 1. The van der Waals surface area contributed by atoms with Crippen LogP contribution in [0.15, 0.2) is 41.2 Å². The molecule has 0 fully saturated rings. The molecule has 0 aliphatic heterocycles. The molecule has 4 nitrogen and oxygen atoms in total. The Labute approximate surface area is 188 Å². The summed E-state index contributed by atoms with van der Waals surface area (Å²) in [5.74, 6) is 0.0291. The zero-order valence-electron chi connectivity index (χ0n) is 19.5. The number of Topliss-reactive ketones (excluding diaryl/α,β-unsaturated/α-hetero) is 1. The number of nitrogens with zero attached hydrogens (tertiary/aromatic N) is 1. The van der Waals surface area contributed by atoms with Crippen molar-refractivity contribution in [1.29, 1.82) is 0 Å². The third-order valence-electron chi connectivity index (χ3n) is 6.04. The second-order valence-corrected chi connectivity index (χ2v) is 8.80. The van der Waals surface area contributed by atoms with E-state index in [1.54, 1.807) is 0 Å². The fourth-order valence-electron chi connectivity index (χ4n) is 4.10. The summed E-state index contributed by atoms with van der Waals surface area (Å²) in [6.45, 7) is 2.27. The van der Waals surface area contributed by atoms with Crippen molar-refractivity contribution < 1.29 is 4.79 Å². The van der Waals surface area contributed by atoms with Crippen molar-refractivity contribution in [2.24, 2.45) is 0 Å². The first-order chi connectivity index (χ1) is 15.2. The summed E-state index contributed by atoms with van der Waals surface area (Å²) in [7, 11) is 0. The average molecular weight is 427 g/mol. The van der Waals surface area contributed by atoms with Crippen LogP contribution < -0.4 is 5.56 Å². The maximum Gasteiger partial charge on any atom is 0.271 e. The lowest BCUT2D eigenvalue weighted by Crippen LogP contribution is -2.13. The summed E-state index contributed by atoms with van der Waals surface area (Å²) in [6, 6.07) is 10.8. The molecule has 0 bridgehead atoms. The van der Waals surface area contributed by atoms with Crippen molar-refractivity contribution >= 4 is 5.78 Å². The van der Waals surface area contributed by atoms with Gasteiger partial charge >= 0.3 is 0 Å². The molecule has 31 heavy (non-hydrogen) atoms. The topological polar surface area (TPSA) is 54.9 Å². The van der Waals surface area contributed by atoms with E-state index in [1.807, 2.05) is 30.3 Å². The Hall–Kier alpha value is -2.10. The van der Waals surface area contributed by atoms with E-state index in [-0.39, 0.29) is 11.3 Å². The molecule has 1 aromatic heterocycles. The molecule has 0 atom stereocenters. The fraction of sp³-hybridized carbons (Fsp3) is 0.630. The van der Waals surface area contributed by atoms with Gasteiger partial charge in [-0.3, -0.25) is 14.7 Å². The summed E-state index contributed by atoms with van der Waals surface area (Å²) in [4.78, 5) is 24.5. The molecule has 1 N–H and O–H groups in total. The maximum atomic E-state index is 12.4. The quantitative estimate of drug-likeness (QED) is 0.197. The number of H-pyrrole nitrogens is 1. The Morgan fingerprint density at radius 3 is 1.74 bits per heavy atom. The number of para-hydroxylation sites is 1. The van der Waals surface area contributed by atoms with Crippen molar-refractivity contribution in [2.45, 2.75) is 110 Å². The van der Waals surface area contributed by atoms with E-state index in [9.17, 15) is 9.59 Å². The van der Waals surface area contributed by atoms with E-state index in [2.05, 4.69) is 12.0 Å². The minimum atomic E-state index is -0.189. The average Bonchev–Trinajstić information content (AvgIpc) is 3.18. The number of carbonyl (C=O) groups excluding carboxylic acids is 1. The zero-order valence-corrected chi connectivity index (χ0v) is 19.5. The van der Waals surface area contributed by atoms with Gasteiger partial charge < -0.3 is 0 Å². The number of rotatable bonds is 18. The van der Waals surface area contributed by atoms with Gasteiger partial charge in [0.15, 0.2) is 5.78 Å². The van der Waals surface area contributed by atoms with E-state index >= 15 is 0 Å². The molecule has 0 aliphatic rings. The van der Waals surface area contributed by atoms with Gasteiger partial charge in [-0.15, -0.1) is 0 Å². The van der Waals surface area contributed by atoms with Crippen LogP contribution >= 0.6 is 0 Å². The molecule has 0 amide bonds. The standard InChI is InChI=1S/C27H42N2O2/c1-2-3-4-5-6-7-8-9-10-11-12-13-14-15-19-22-26(30)25-23-27(31)29(28-25)24-20-17-16-18-21-24/h16-18,20-21,23,28H,2-15,19,22H2,1H3. The smallest absolute Gasteiger partial charge is 0.271 e. The number of hydrogen-bond acceptors (Lipinski definition) is 2. The van der Waals surface area contributed by atoms with Crippen molar-refractivity contribution in [2.75, 3.05) is 0 Å². The molecule has 2 rings (SSSR count). The van der Waals surface area contributed by atoms with Crippen molar-refractivity contribution in [1.82, 2.24) is 9.78 Å². The van der Waals surface area contributed by atoms with Crippen LogP contribution in [0.1, 0.15) is 120 Å². The Morgan fingerprint density at radius 2 is 1.23 bits per heavy atom. The molecule has 1 aromatic carbocycles. The minimum Gasteiger partial charge on any atom is -0.292 e. The Kier molecular flexibility index (Phi) is 12.7. The van der Waals surface area contributed by atoms with Gasteiger partial charge in [-0.25, -0.2) is 4.68 Å². The number of carbonyl (C=O) groups is 1. The largest absolute Gasteiger partial charge is 0.292 e. The van der Waals surface area contributed by atoms with Crippen molar-refractivity contribution in [3.05, 3.63) is 52.4 Å². The summed E-state index contributed by atoms with van der Waals surface area (Å²) in [5.41, 5.74) is 0.976. The third-order valence-corrected chi connectivity index (χ3v) is 6.04. The minimum absolute atomic E-state index is 0.0291. The maximum absolute atomic E-state index is 12.4. The molecule has 0 saturated heterocycles. The Balaban J connectivity index is 1.47. The summed E-state index contributed by atoms with van der Waals surface area (Å²) >= 11 is 0. The Morgan fingerprint density at radius 1 is 0.742 bits per heavy atom. The summed E-state index contributed by atoms with van der Waals surface area (Å²) in [6.07, 6.45) is 20.2. The monoisotopic (exact) mass is 426 g/mol. The second-order valence-electron chi connectivity index (χ2n) is 8.80. The predicted octanol–water partition coefficient (Wildman–Crippen LogP) is 7.61. The molecule has 0 saturated carbocycles. The summed E-state index contributed by atoms with van der Waals surface area (Å²) < 4.78 is 1.43. The molecular weight excluding hydrogens is 384 g/mol. The van der Waals surface area contributed by atoms with Crippen LogP contribution in [0.2, 0.25) is 0 Å². The van der Waals surface area contributed by atoms with Crippen molar-refractivity contribution in [3.63, 3.8) is 0 Å². The molecular formula is C27H42N2O2. The highest BCUT2D eigenvalue weighted by atomic mass is 16.1. The fourth-order valence-corrected chi connectivity index (χ4v) is 4.10. The van der Waals surface area contributed by atoms with Crippen LogP contribution in [-0.4, -0.2) is 15.6 Å². The predicted molar refractivity (Wildman–Crippen MR) is 130 cm³/mol. The molecule has 0 unspecified atom stereocenters. The SMILES string of the molecule is CCCCCCCCCCCCCCCCCC(=O)c1cc(=O)n(-c2ccccc2)[nH]1. The molecule has 4 heteroatoms. The molecule has 0 radical (unpaired) electrons. The lowest BCUT2D eigenvalue weighted by atomic mass is 10.0. The van der Waals surface area contributed by atoms with Gasteiger partial charge in [-0.05, 0) is 18.6 Å². The number of nitrogens with one attached hydrogen (secondary N) is 1. The van der Waals surface area contributed by atoms with Gasteiger partial charge in [-0.2, -0.15) is 0 Å². The van der Waals surface area contributed by atoms with Crippen LogP contribution in [0, 0.1) is 0 Å². The number of hydrogen-bond donors (Lipinski definition) is 1. The first-order valence-electron chi connectivity index (χ1n) is 12.6. The van der Waals surface area contributed by atoms with Gasteiger partial charge in [-0.1, -0.05) is 115 Å². The number of benzene rings is 1. The van der Waals surface area contributed by atoms with Gasteiger partial charge in [0, 0.05) is 12.5 Å². The van der Waals surface area contributed by atoms with Gasteiger partial charge in [0.05, 0.1) is 5.69 Å². The van der Waals surface area contributed by atoms with E-state index in [1.165, 1.54) is 94.2 Å². The number of aromatic nitrogens is 2. The lowest BCUT2D eigenvalue weighted by molar-refractivity contribution is 0.0974. The van der Waals surface area contributed by atoms with Gasteiger partial charge in [0.25, 0.3) is 5.56 Å². The van der Waals surface area contributed by atoms with Crippen LogP contribution in [0.5, 0.6) is 0 Å². The van der Waals surface area contributed by atoms with Crippen LogP contribution in [0.3, 0.4) is 0 Å². The van der Waals surface area contributed by atoms with Gasteiger partial charge in [0.1, 0.15) is 5.69 Å². The third kappa shape index (κ3) is 10.2. The second kappa shape index (κ2) is 15.7. The summed E-state index contributed by atoms with van der Waals surface area (Å²) in [5, 5.41) is 2.95. The van der Waals surface area contributed by atoms with E-state index in [0.717, 1.165) is 18.5 Å². The first kappa shape index (κ1) is 25.2. The highest BCUT2D eigenvalue weighted by molar-refractivity contribution is 5.94. The van der Waals surface area contributed by atoms with E-state index < -0.39 is 0 Å². The van der Waals surface area contributed by atoms with Crippen LogP contribution in [-0.2, 0) is 0 Å². The molecule has 0 spiro atoms. The molecule has 0 aliphatic carbocycles. The van der Waals surface area contributed by atoms with Crippen LogP contribution in [0.25, 0.3) is 5.69 Å². The first-order valence-corrected chi connectivity index (χ1v) is 12.6. The van der Waals surface area contributed by atoms with Crippen LogP contribution in [0.4, 0.5) is 0 Å². The lowest BCUT2D eigenvalue weighted by Gasteiger charge is -2.03. The van der Waals surface area contributed by atoms with Crippen molar-refractivity contribution in [3.8, 4) is 5.69 Å². The molecule has 172 valence electrons. The highest BCUT2D eigenvalue weighted by Gasteiger charge is 2.11. The number of unbranched alkanes of at least 4 members (excludes halogenated alkanes) is 14. The molecule has 2 aromatic rings. The Bertz CT molecular complexity index is 776. The zero-order chi connectivity index (χ0) is 22.2.